The normalized spacial score (nSPS) is 24.1. The lowest BCUT2D eigenvalue weighted by Gasteiger charge is -2.35. The molecule has 1 fully saturated rings. The molecule has 2 N–H and O–H groups in total. The minimum atomic E-state index is -0.413. The standard InChI is InChI=1S/C15H30N2O2/c1-15(2,3)19-14(18)17(4)13-9-7-12(8-10-13)6-5-11-16/h12-13H,5-11,16H2,1-4H3. The Labute approximate surface area is 117 Å². The fraction of sp³-hybridized carbons (Fsp3) is 0.933. The van der Waals surface area contributed by atoms with E-state index in [0.29, 0.717) is 6.04 Å². The maximum atomic E-state index is 12.0. The molecule has 19 heavy (non-hydrogen) atoms. The average Bonchev–Trinajstić information content (AvgIpc) is 2.34. The Morgan fingerprint density at radius 1 is 1.26 bits per heavy atom. The van der Waals surface area contributed by atoms with Gasteiger partial charge in [0.1, 0.15) is 5.60 Å². The second-order valence-corrected chi connectivity index (χ2v) is 6.70. The van der Waals surface area contributed by atoms with Crippen LogP contribution in [0.1, 0.15) is 59.3 Å². The topological polar surface area (TPSA) is 55.6 Å². The second-order valence-electron chi connectivity index (χ2n) is 6.70. The van der Waals surface area contributed by atoms with Crippen molar-refractivity contribution in [1.29, 1.82) is 0 Å². The van der Waals surface area contributed by atoms with Crippen molar-refractivity contribution in [2.75, 3.05) is 13.6 Å². The van der Waals surface area contributed by atoms with Gasteiger partial charge in [-0.25, -0.2) is 4.79 Å². The maximum absolute atomic E-state index is 12.0. The molecule has 0 aromatic rings. The molecule has 4 nitrogen and oxygen atoms in total. The highest BCUT2D eigenvalue weighted by atomic mass is 16.6. The summed E-state index contributed by atoms with van der Waals surface area (Å²) in [7, 11) is 1.86. The van der Waals surface area contributed by atoms with Crippen LogP contribution in [0.3, 0.4) is 0 Å². The van der Waals surface area contributed by atoms with Gasteiger partial charge in [0.15, 0.2) is 0 Å². The van der Waals surface area contributed by atoms with E-state index in [2.05, 4.69) is 0 Å². The first-order chi connectivity index (χ1) is 8.83. The number of nitrogens with two attached hydrogens (primary N) is 1. The van der Waals surface area contributed by atoms with E-state index in [1.165, 1.54) is 19.3 Å². The molecular weight excluding hydrogens is 240 g/mol. The number of hydrogen-bond donors (Lipinski definition) is 1. The summed E-state index contributed by atoms with van der Waals surface area (Å²) in [5, 5.41) is 0. The molecule has 1 saturated carbocycles. The van der Waals surface area contributed by atoms with Crippen LogP contribution in [0.5, 0.6) is 0 Å². The van der Waals surface area contributed by atoms with E-state index in [9.17, 15) is 4.79 Å². The van der Waals surface area contributed by atoms with Crippen LogP contribution >= 0.6 is 0 Å². The fourth-order valence-electron chi connectivity index (χ4n) is 2.71. The minimum Gasteiger partial charge on any atom is -0.444 e. The number of carbonyl (C=O) groups excluding carboxylic acids is 1. The summed E-state index contributed by atoms with van der Waals surface area (Å²) in [6, 6.07) is 0.337. The van der Waals surface area contributed by atoms with Gasteiger partial charge in [0.25, 0.3) is 0 Å². The summed E-state index contributed by atoms with van der Waals surface area (Å²) in [6.07, 6.45) is 6.75. The van der Waals surface area contributed by atoms with Gasteiger partial charge in [0.2, 0.25) is 0 Å². The van der Waals surface area contributed by atoms with Gasteiger partial charge < -0.3 is 15.4 Å². The molecule has 0 spiro atoms. The summed E-state index contributed by atoms with van der Waals surface area (Å²) < 4.78 is 5.41. The Morgan fingerprint density at radius 3 is 2.32 bits per heavy atom. The van der Waals surface area contributed by atoms with E-state index < -0.39 is 5.60 Å². The molecule has 1 rings (SSSR count). The zero-order valence-electron chi connectivity index (χ0n) is 12.9. The van der Waals surface area contributed by atoms with Gasteiger partial charge in [0, 0.05) is 13.1 Å². The van der Waals surface area contributed by atoms with Crippen LogP contribution in [-0.2, 0) is 4.74 Å². The van der Waals surface area contributed by atoms with Gasteiger partial charge in [-0.15, -0.1) is 0 Å². The van der Waals surface area contributed by atoms with E-state index in [4.69, 9.17) is 10.5 Å². The number of carbonyl (C=O) groups is 1. The summed E-state index contributed by atoms with van der Waals surface area (Å²) in [5.41, 5.74) is 5.14. The van der Waals surface area contributed by atoms with E-state index >= 15 is 0 Å². The van der Waals surface area contributed by atoms with E-state index in [1.54, 1.807) is 4.90 Å². The third-order valence-electron chi connectivity index (χ3n) is 3.86. The Balaban J connectivity index is 2.36. The molecule has 1 amide bonds. The monoisotopic (exact) mass is 270 g/mol. The first-order valence-corrected chi connectivity index (χ1v) is 7.49. The minimum absolute atomic E-state index is 0.196. The molecule has 4 heteroatoms. The van der Waals surface area contributed by atoms with E-state index in [0.717, 1.165) is 31.7 Å². The van der Waals surface area contributed by atoms with Gasteiger partial charge in [-0.05, 0) is 71.8 Å². The molecule has 0 unspecified atom stereocenters. The smallest absolute Gasteiger partial charge is 0.410 e. The Bertz CT molecular complexity index is 278. The number of hydrogen-bond acceptors (Lipinski definition) is 3. The molecule has 0 radical (unpaired) electrons. The predicted molar refractivity (Wildman–Crippen MR) is 78.0 cm³/mol. The SMILES string of the molecule is CN(C(=O)OC(C)(C)C)C1CCC(CCCN)CC1. The van der Waals surface area contributed by atoms with Crippen molar-refractivity contribution in [1.82, 2.24) is 4.90 Å². The Kier molecular flexibility index (Phi) is 6.11. The fourth-order valence-corrected chi connectivity index (χ4v) is 2.71. The third kappa shape index (κ3) is 5.81. The van der Waals surface area contributed by atoms with E-state index in [1.807, 2.05) is 27.8 Å². The number of amides is 1. The zero-order valence-corrected chi connectivity index (χ0v) is 12.9. The molecule has 1 aliphatic rings. The van der Waals surface area contributed by atoms with Crippen molar-refractivity contribution in [2.45, 2.75) is 70.9 Å². The first kappa shape index (κ1) is 16.3. The molecule has 1 aliphatic carbocycles. The molecule has 112 valence electrons. The number of nitrogens with zero attached hydrogens (tertiary/aromatic N) is 1. The van der Waals surface area contributed by atoms with Gasteiger partial charge in [-0.3, -0.25) is 0 Å². The maximum Gasteiger partial charge on any atom is 0.410 e. The highest BCUT2D eigenvalue weighted by Gasteiger charge is 2.28. The van der Waals surface area contributed by atoms with Crippen LogP contribution in [-0.4, -0.2) is 36.2 Å². The van der Waals surface area contributed by atoms with Gasteiger partial charge >= 0.3 is 6.09 Å². The molecule has 0 aromatic heterocycles. The van der Waals surface area contributed by atoms with Crippen LogP contribution in [0.2, 0.25) is 0 Å². The van der Waals surface area contributed by atoms with Gasteiger partial charge in [-0.1, -0.05) is 0 Å². The summed E-state index contributed by atoms with van der Waals surface area (Å²) >= 11 is 0. The molecule has 0 atom stereocenters. The third-order valence-corrected chi connectivity index (χ3v) is 3.86. The lowest BCUT2D eigenvalue weighted by Crippen LogP contribution is -2.42. The second kappa shape index (κ2) is 7.13. The quantitative estimate of drug-likeness (QED) is 0.853. The average molecular weight is 270 g/mol. The highest BCUT2D eigenvalue weighted by Crippen LogP contribution is 2.30. The largest absolute Gasteiger partial charge is 0.444 e. The van der Waals surface area contributed by atoms with Crippen LogP contribution in [0.4, 0.5) is 4.79 Å². The predicted octanol–water partition coefficient (Wildman–Crippen LogP) is 3.15. The molecule has 0 saturated heterocycles. The molecule has 0 aromatic carbocycles. The summed E-state index contributed by atoms with van der Waals surface area (Å²) in [6.45, 7) is 6.51. The van der Waals surface area contributed by atoms with Crippen molar-refractivity contribution in [3.63, 3.8) is 0 Å². The van der Waals surface area contributed by atoms with Crippen molar-refractivity contribution in [2.24, 2.45) is 11.7 Å². The van der Waals surface area contributed by atoms with Crippen LogP contribution < -0.4 is 5.73 Å². The van der Waals surface area contributed by atoms with Crippen LogP contribution in [0.25, 0.3) is 0 Å². The number of ether oxygens (including phenoxy) is 1. The lowest BCUT2D eigenvalue weighted by atomic mass is 9.83. The Hall–Kier alpha value is -0.770. The van der Waals surface area contributed by atoms with Crippen molar-refractivity contribution in [3.8, 4) is 0 Å². The molecular formula is C15H30N2O2. The van der Waals surface area contributed by atoms with Crippen LogP contribution in [0.15, 0.2) is 0 Å². The number of rotatable bonds is 4. The van der Waals surface area contributed by atoms with Crippen molar-refractivity contribution >= 4 is 6.09 Å². The van der Waals surface area contributed by atoms with Crippen molar-refractivity contribution in [3.05, 3.63) is 0 Å². The lowest BCUT2D eigenvalue weighted by molar-refractivity contribution is 0.0170. The highest BCUT2D eigenvalue weighted by molar-refractivity contribution is 5.68. The summed E-state index contributed by atoms with van der Waals surface area (Å²) in [5.74, 6) is 0.798. The molecule has 0 aliphatic heterocycles. The molecule has 0 bridgehead atoms. The van der Waals surface area contributed by atoms with Gasteiger partial charge in [-0.2, -0.15) is 0 Å². The molecule has 0 heterocycles. The van der Waals surface area contributed by atoms with E-state index in [-0.39, 0.29) is 6.09 Å². The van der Waals surface area contributed by atoms with Crippen molar-refractivity contribution < 1.29 is 9.53 Å². The van der Waals surface area contributed by atoms with Gasteiger partial charge in [0.05, 0.1) is 0 Å². The first-order valence-electron chi connectivity index (χ1n) is 7.49. The Morgan fingerprint density at radius 2 is 1.84 bits per heavy atom. The van der Waals surface area contributed by atoms with Crippen LogP contribution in [0, 0.1) is 5.92 Å². The zero-order chi connectivity index (χ0) is 14.5. The summed E-state index contributed by atoms with van der Waals surface area (Å²) in [4.78, 5) is 13.8.